The van der Waals surface area contributed by atoms with Gasteiger partial charge in [-0.15, -0.1) is 0 Å². The molecule has 1 saturated heterocycles. The van der Waals surface area contributed by atoms with Gasteiger partial charge in [0.15, 0.2) is 0 Å². The molecule has 3 heterocycles. The number of ether oxygens (including phenoxy) is 1. The summed E-state index contributed by atoms with van der Waals surface area (Å²) in [5.41, 5.74) is 2.89. The first-order valence-electron chi connectivity index (χ1n) is 9.74. The first kappa shape index (κ1) is 20.2. The first-order valence-corrected chi connectivity index (χ1v) is 10.5. The minimum Gasteiger partial charge on any atom is -0.381 e. The molecule has 29 heavy (non-hydrogen) atoms. The number of amides is 2. The van der Waals surface area contributed by atoms with Crippen molar-refractivity contribution in [2.45, 2.75) is 38.4 Å². The Morgan fingerprint density at radius 3 is 2.86 bits per heavy atom. The molecule has 7 nitrogen and oxygen atoms in total. The highest BCUT2D eigenvalue weighted by molar-refractivity contribution is 6.42. The molecular formula is C20H23Cl2N5O2. The van der Waals surface area contributed by atoms with Crippen LogP contribution < -0.4 is 10.6 Å². The Hall–Kier alpha value is -2.09. The fraction of sp³-hybridized carbons (Fsp3) is 0.450. The highest BCUT2D eigenvalue weighted by atomic mass is 35.5. The second-order valence-corrected chi connectivity index (χ2v) is 8.09. The number of urea groups is 1. The van der Waals surface area contributed by atoms with E-state index < -0.39 is 0 Å². The van der Waals surface area contributed by atoms with Gasteiger partial charge < -0.3 is 20.3 Å². The Kier molecular flexibility index (Phi) is 6.37. The Bertz CT molecular complexity index is 889. The van der Waals surface area contributed by atoms with Gasteiger partial charge in [0.2, 0.25) is 5.95 Å². The Morgan fingerprint density at radius 1 is 1.24 bits per heavy atom. The molecule has 0 bridgehead atoms. The quantitative estimate of drug-likeness (QED) is 0.765. The largest absolute Gasteiger partial charge is 0.381 e. The van der Waals surface area contributed by atoms with Gasteiger partial charge in [0.25, 0.3) is 0 Å². The SMILES string of the molecule is O=C(NCc1ccc(Cl)c(Cl)c1)N1CCc2cnc(NC3CCOCC3)nc2C1. The number of nitrogens with one attached hydrogen (secondary N) is 2. The van der Waals surface area contributed by atoms with Crippen molar-refractivity contribution in [3.8, 4) is 0 Å². The van der Waals surface area contributed by atoms with Crippen LogP contribution in [0.15, 0.2) is 24.4 Å². The van der Waals surface area contributed by atoms with E-state index in [0.717, 1.165) is 49.3 Å². The third-order valence-corrected chi connectivity index (χ3v) is 5.95. The van der Waals surface area contributed by atoms with Gasteiger partial charge in [0.1, 0.15) is 0 Å². The van der Waals surface area contributed by atoms with Crippen LogP contribution in [0.5, 0.6) is 0 Å². The van der Waals surface area contributed by atoms with Crippen molar-refractivity contribution in [2.24, 2.45) is 0 Å². The summed E-state index contributed by atoms with van der Waals surface area (Å²) in [5.74, 6) is 0.619. The second-order valence-electron chi connectivity index (χ2n) is 7.28. The van der Waals surface area contributed by atoms with Crippen molar-refractivity contribution in [1.82, 2.24) is 20.2 Å². The predicted octanol–water partition coefficient (Wildman–Crippen LogP) is 3.64. The number of fused-ring (bicyclic) bond motifs is 1. The summed E-state index contributed by atoms with van der Waals surface area (Å²) >= 11 is 12.0. The normalized spacial score (nSPS) is 17.0. The van der Waals surface area contributed by atoms with E-state index in [0.29, 0.717) is 41.7 Å². The zero-order valence-electron chi connectivity index (χ0n) is 16.0. The van der Waals surface area contributed by atoms with E-state index in [-0.39, 0.29) is 6.03 Å². The van der Waals surface area contributed by atoms with E-state index in [4.69, 9.17) is 27.9 Å². The van der Waals surface area contributed by atoms with Crippen molar-refractivity contribution < 1.29 is 9.53 Å². The molecule has 0 radical (unpaired) electrons. The third-order valence-electron chi connectivity index (χ3n) is 5.22. The summed E-state index contributed by atoms with van der Waals surface area (Å²) < 4.78 is 5.39. The molecule has 0 atom stereocenters. The van der Waals surface area contributed by atoms with Crippen LogP contribution >= 0.6 is 23.2 Å². The van der Waals surface area contributed by atoms with Gasteiger partial charge in [-0.25, -0.2) is 14.8 Å². The van der Waals surface area contributed by atoms with Crippen LogP contribution in [0.2, 0.25) is 10.0 Å². The summed E-state index contributed by atoms with van der Waals surface area (Å²) in [6, 6.07) is 5.54. The van der Waals surface area contributed by atoms with Crippen LogP contribution in [0.3, 0.4) is 0 Å². The van der Waals surface area contributed by atoms with Gasteiger partial charge in [-0.3, -0.25) is 0 Å². The summed E-state index contributed by atoms with van der Waals surface area (Å²) in [7, 11) is 0. The van der Waals surface area contributed by atoms with Gasteiger partial charge in [-0.05, 0) is 42.5 Å². The second kappa shape index (κ2) is 9.15. The lowest BCUT2D eigenvalue weighted by molar-refractivity contribution is 0.0903. The average molecular weight is 436 g/mol. The van der Waals surface area contributed by atoms with Crippen LogP contribution in [-0.4, -0.2) is 46.7 Å². The molecule has 2 N–H and O–H groups in total. The molecule has 2 aromatic rings. The summed E-state index contributed by atoms with van der Waals surface area (Å²) in [5, 5.41) is 7.30. The number of benzene rings is 1. The zero-order valence-corrected chi connectivity index (χ0v) is 17.5. The fourth-order valence-corrected chi connectivity index (χ4v) is 3.83. The van der Waals surface area contributed by atoms with Gasteiger partial charge >= 0.3 is 6.03 Å². The lowest BCUT2D eigenvalue weighted by Crippen LogP contribution is -2.43. The van der Waals surface area contributed by atoms with Crippen molar-refractivity contribution in [3.63, 3.8) is 0 Å². The standard InChI is InChI=1S/C20H23Cl2N5O2/c21-16-2-1-13(9-17(16)22)10-24-20(28)27-6-3-14-11-23-19(26-18(14)12-27)25-15-4-7-29-8-5-15/h1-2,9,11,15H,3-8,10,12H2,(H,24,28)(H,23,25,26). The van der Waals surface area contributed by atoms with Crippen LogP contribution in [0.25, 0.3) is 0 Å². The lowest BCUT2D eigenvalue weighted by atomic mass is 10.1. The van der Waals surface area contributed by atoms with E-state index in [9.17, 15) is 4.79 Å². The number of hydrogen-bond acceptors (Lipinski definition) is 5. The van der Waals surface area contributed by atoms with Crippen molar-refractivity contribution in [3.05, 3.63) is 51.3 Å². The Balaban J connectivity index is 1.35. The maximum absolute atomic E-state index is 12.6. The van der Waals surface area contributed by atoms with Crippen LogP contribution in [0, 0.1) is 0 Å². The van der Waals surface area contributed by atoms with E-state index in [2.05, 4.69) is 20.6 Å². The topological polar surface area (TPSA) is 79.4 Å². The summed E-state index contributed by atoms with van der Waals surface area (Å²) in [6.07, 6.45) is 4.51. The van der Waals surface area contributed by atoms with E-state index >= 15 is 0 Å². The van der Waals surface area contributed by atoms with Crippen LogP contribution in [0.4, 0.5) is 10.7 Å². The Labute approximate surface area is 179 Å². The number of nitrogens with zero attached hydrogens (tertiary/aromatic N) is 3. The van der Waals surface area contributed by atoms with Crippen LogP contribution in [-0.2, 0) is 24.2 Å². The smallest absolute Gasteiger partial charge is 0.318 e. The number of halogens is 2. The van der Waals surface area contributed by atoms with E-state index in [1.165, 1.54) is 0 Å². The highest BCUT2D eigenvalue weighted by Gasteiger charge is 2.23. The molecular weight excluding hydrogens is 413 g/mol. The molecule has 2 aliphatic heterocycles. The van der Waals surface area contributed by atoms with Crippen molar-refractivity contribution in [1.29, 1.82) is 0 Å². The zero-order chi connectivity index (χ0) is 20.2. The maximum atomic E-state index is 12.6. The van der Waals surface area contributed by atoms with E-state index in [1.54, 1.807) is 17.0 Å². The monoisotopic (exact) mass is 435 g/mol. The number of aromatic nitrogens is 2. The van der Waals surface area contributed by atoms with Gasteiger partial charge in [0, 0.05) is 38.5 Å². The molecule has 0 unspecified atom stereocenters. The number of carbonyl (C=O) groups is 1. The number of carbonyl (C=O) groups excluding carboxylic acids is 1. The molecule has 2 amide bonds. The molecule has 2 aliphatic rings. The minimum atomic E-state index is -0.126. The first-order chi connectivity index (χ1) is 14.1. The highest BCUT2D eigenvalue weighted by Crippen LogP contribution is 2.23. The van der Waals surface area contributed by atoms with Gasteiger partial charge in [0.05, 0.1) is 22.3 Å². The molecule has 154 valence electrons. The van der Waals surface area contributed by atoms with E-state index in [1.807, 2.05) is 12.3 Å². The van der Waals surface area contributed by atoms with Gasteiger partial charge in [-0.1, -0.05) is 29.3 Å². The maximum Gasteiger partial charge on any atom is 0.318 e. The number of hydrogen-bond donors (Lipinski definition) is 2. The molecule has 0 saturated carbocycles. The fourth-order valence-electron chi connectivity index (χ4n) is 3.51. The number of rotatable bonds is 4. The summed E-state index contributed by atoms with van der Waals surface area (Å²) in [4.78, 5) is 23.5. The third kappa shape index (κ3) is 5.10. The van der Waals surface area contributed by atoms with Crippen LogP contribution in [0.1, 0.15) is 29.7 Å². The molecule has 0 spiro atoms. The summed E-state index contributed by atoms with van der Waals surface area (Å²) in [6.45, 7) is 3.01. The predicted molar refractivity (Wildman–Crippen MR) is 112 cm³/mol. The molecule has 0 aliphatic carbocycles. The molecule has 1 aromatic carbocycles. The molecule has 1 fully saturated rings. The van der Waals surface area contributed by atoms with Crippen molar-refractivity contribution >= 4 is 35.2 Å². The lowest BCUT2D eigenvalue weighted by Gasteiger charge is -2.29. The number of anilines is 1. The molecule has 1 aromatic heterocycles. The van der Waals surface area contributed by atoms with Gasteiger partial charge in [-0.2, -0.15) is 0 Å². The average Bonchev–Trinajstić information content (AvgIpc) is 2.74. The molecule has 4 rings (SSSR count). The Morgan fingerprint density at radius 2 is 2.07 bits per heavy atom. The molecule has 9 heteroatoms. The van der Waals surface area contributed by atoms with Crippen molar-refractivity contribution in [2.75, 3.05) is 25.1 Å². The minimum absolute atomic E-state index is 0.126.